The van der Waals surface area contributed by atoms with Crippen LogP contribution in [0.2, 0.25) is 0 Å². The zero-order chi connectivity index (χ0) is 15.7. The van der Waals surface area contributed by atoms with Gasteiger partial charge in [-0.2, -0.15) is 0 Å². The number of nitrogens with zero attached hydrogens (tertiary/aromatic N) is 1. The Morgan fingerprint density at radius 1 is 1.24 bits per heavy atom. The fourth-order valence-electron chi connectivity index (χ4n) is 2.57. The summed E-state index contributed by atoms with van der Waals surface area (Å²) in [6.07, 6.45) is 3.99. The van der Waals surface area contributed by atoms with Gasteiger partial charge < -0.3 is 10.6 Å². The number of rotatable bonds is 7. The lowest BCUT2D eigenvalue weighted by Gasteiger charge is -2.39. The van der Waals surface area contributed by atoms with Crippen LogP contribution in [0.25, 0.3) is 0 Å². The van der Waals surface area contributed by atoms with Gasteiger partial charge in [0.15, 0.2) is 0 Å². The van der Waals surface area contributed by atoms with Crippen LogP contribution in [0.15, 0.2) is 0 Å². The van der Waals surface area contributed by atoms with E-state index in [1.807, 2.05) is 0 Å². The van der Waals surface area contributed by atoms with E-state index in [0.717, 1.165) is 38.8 Å². The Kier molecular flexibility index (Phi) is 8.30. The Hall–Kier alpha value is -1.14. The van der Waals surface area contributed by atoms with Gasteiger partial charge in [0.2, 0.25) is 5.91 Å². The van der Waals surface area contributed by atoms with Crippen LogP contribution in [0.1, 0.15) is 46.5 Å². The normalized spacial score (nSPS) is 22.8. The molecule has 1 heterocycles. The molecule has 21 heavy (non-hydrogen) atoms. The standard InChI is InChI=1S/C15H30N4O2/c1-4-7-8-16-15(21)18-14(20)11-19-10-12(5-2)17-9-13(19)6-3/h12-13,17H,4-11H2,1-3H3,(H2,16,18,20,21). The van der Waals surface area contributed by atoms with Crippen LogP contribution >= 0.6 is 0 Å². The average Bonchev–Trinajstić information content (AvgIpc) is 2.47. The number of unbranched alkanes of at least 4 members (excludes halogenated alkanes) is 1. The van der Waals surface area contributed by atoms with Crippen LogP contribution in [-0.4, -0.2) is 55.1 Å². The molecule has 0 spiro atoms. The van der Waals surface area contributed by atoms with Gasteiger partial charge in [-0.3, -0.25) is 15.0 Å². The highest BCUT2D eigenvalue weighted by atomic mass is 16.2. The summed E-state index contributed by atoms with van der Waals surface area (Å²) in [7, 11) is 0. The van der Waals surface area contributed by atoms with Crippen molar-refractivity contribution in [2.45, 2.75) is 58.5 Å². The monoisotopic (exact) mass is 298 g/mol. The maximum absolute atomic E-state index is 12.0. The third-order valence-electron chi connectivity index (χ3n) is 3.99. The third-order valence-corrected chi connectivity index (χ3v) is 3.99. The Balaban J connectivity index is 2.38. The number of nitrogens with one attached hydrogen (secondary N) is 3. The molecule has 0 bridgehead atoms. The molecular formula is C15H30N4O2. The van der Waals surface area contributed by atoms with Crippen molar-refractivity contribution < 1.29 is 9.59 Å². The zero-order valence-corrected chi connectivity index (χ0v) is 13.6. The number of piperazine rings is 1. The first-order valence-electron chi connectivity index (χ1n) is 8.15. The minimum atomic E-state index is -0.385. The molecule has 122 valence electrons. The van der Waals surface area contributed by atoms with Crippen molar-refractivity contribution in [1.29, 1.82) is 0 Å². The van der Waals surface area contributed by atoms with E-state index in [9.17, 15) is 9.59 Å². The molecule has 0 aliphatic carbocycles. The van der Waals surface area contributed by atoms with Crippen molar-refractivity contribution >= 4 is 11.9 Å². The minimum Gasteiger partial charge on any atom is -0.338 e. The van der Waals surface area contributed by atoms with Crippen LogP contribution in [0.3, 0.4) is 0 Å². The van der Waals surface area contributed by atoms with Crippen LogP contribution in [0, 0.1) is 0 Å². The summed E-state index contributed by atoms with van der Waals surface area (Å²) in [5, 5.41) is 8.60. The van der Waals surface area contributed by atoms with E-state index >= 15 is 0 Å². The maximum atomic E-state index is 12.0. The molecule has 3 N–H and O–H groups in total. The predicted octanol–water partition coefficient (Wildman–Crippen LogP) is 1.07. The maximum Gasteiger partial charge on any atom is 0.321 e. The summed E-state index contributed by atoms with van der Waals surface area (Å²) in [5.41, 5.74) is 0. The first-order chi connectivity index (χ1) is 10.1. The second-order valence-electron chi connectivity index (χ2n) is 5.66. The number of amides is 3. The fourth-order valence-corrected chi connectivity index (χ4v) is 2.57. The number of urea groups is 1. The summed E-state index contributed by atoms with van der Waals surface area (Å²) in [6, 6.07) is 0.407. The third kappa shape index (κ3) is 6.44. The fraction of sp³-hybridized carbons (Fsp3) is 0.867. The second kappa shape index (κ2) is 9.73. The van der Waals surface area contributed by atoms with Gasteiger partial charge in [0, 0.05) is 31.7 Å². The van der Waals surface area contributed by atoms with Gasteiger partial charge in [-0.15, -0.1) is 0 Å². The van der Waals surface area contributed by atoms with Crippen LogP contribution in [0.5, 0.6) is 0 Å². The van der Waals surface area contributed by atoms with Crippen molar-refractivity contribution in [3.63, 3.8) is 0 Å². The topological polar surface area (TPSA) is 73.5 Å². The summed E-state index contributed by atoms with van der Waals surface area (Å²) < 4.78 is 0. The van der Waals surface area contributed by atoms with Crippen molar-refractivity contribution in [3.05, 3.63) is 0 Å². The van der Waals surface area contributed by atoms with Gasteiger partial charge in [-0.25, -0.2) is 4.79 Å². The first kappa shape index (κ1) is 17.9. The van der Waals surface area contributed by atoms with Crippen LogP contribution < -0.4 is 16.0 Å². The van der Waals surface area contributed by atoms with Gasteiger partial charge in [0.05, 0.1) is 6.54 Å². The average molecular weight is 298 g/mol. The number of hydrogen-bond donors (Lipinski definition) is 3. The van der Waals surface area contributed by atoms with E-state index < -0.39 is 0 Å². The quantitative estimate of drug-likeness (QED) is 0.615. The lowest BCUT2D eigenvalue weighted by molar-refractivity contribution is -0.122. The second-order valence-corrected chi connectivity index (χ2v) is 5.66. The highest BCUT2D eigenvalue weighted by Gasteiger charge is 2.27. The van der Waals surface area contributed by atoms with E-state index in [0.29, 0.717) is 18.6 Å². The molecule has 6 heteroatoms. The molecule has 2 atom stereocenters. The molecule has 1 aliphatic rings. The highest BCUT2D eigenvalue weighted by molar-refractivity contribution is 5.95. The van der Waals surface area contributed by atoms with E-state index in [4.69, 9.17) is 0 Å². The molecular weight excluding hydrogens is 268 g/mol. The van der Waals surface area contributed by atoms with Gasteiger partial charge in [0.25, 0.3) is 0 Å². The number of carbonyl (C=O) groups is 2. The summed E-state index contributed by atoms with van der Waals surface area (Å²) in [6.45, 7) is 9.00. The Bertz CT molecular complexity index is 336. The molecule has 0 saturated carbocycles. The SMILES string of the molecule is CCCCNC(=O)NC(=O)CN1CC(CC)NCC1CC. The molecule has 1 fully saturated rings. The van der Waals surface area contributed by atoms with Gasteiger partial charge in [0.1, 0.15) is 0 Å². The van der Waals surface area contributed by atoms with E-state index in [-0.39, 0.29) is 18.5 Å². The zero-order valence-electron chi connectivity index (χ0n) is 13.6. The molecule has 0 radical (unpaired) electrons. The Labute approximate surface area is 128 Å². The molecule has 0 aromatic heterocycles. The highest BCUT2D eigenvalue weighted by Crippen LogP contribution is 2.11. The van der Waals surface area contributed by atoms with Crippen molar-refractivity contribution in [2.75, 3.05) is 26.2 Å². The van der Waals surface area contributed by atoms with Crippen molar-refractivity contribution in [3.8, 4) is 0 Å². The van der Waals surface area contributed by atoms with Gasteiger partial charge in [-0.05, 0) is 19.3 Å². The van der Waals surface area contributed by atoms with E-state index in [1.165, 1.54) is 0 Å². The Morgan fingerprint density at radius 2 is 2.00 bits per heavy atom. The Morgan fingerprint density at radius 3 is 2.62 bits per heavy atom. The minimum absolute atomic E-state index is 0.223. The lowest BCUT2D eigenvalue weighted by Crippen LogP contribution is -2.58. The molecule has 0 aromatic carbocycles. The summed E-state index contributed by atoms with van der Waals surface area (Å²) in [4.78, 5) is 25.7. The summed E-state index contributed by atoms with van der Waals surface area (Å²) >= 11 is 0. The molecule has 0 aromatic rings. The van der Waals surface area contributed by atoms with Gasteiger partial charge in [-0.1, -0.05) is 27.2 Å². The molecule has 1 rings (SSSR count). The number of imide groups is 1. The molecule has 1 saturated heterocycles. The molecule has 6 nitrogen and oxygen atoms in total. The molecule has 1 aliphatic heterocycles. The number of carbonyl (C=O) groups excluding carboxylic acids is 2. The smallest absolute Gasteiger partial charge is 0.321 e. The van der Waals surface area contributed by atoms with Crippen LogP contribution in [-0.2, 0) is 4.79 Å². The van der Waals surface area contributed by atoms with Crippen molar-refractivity contribution in [1.82, 2.24) is 20.9 Å². The lowest BCUT2D eigenvalue weighted by atomic mass is 10.1. The largest absolute Gasteiger partial charge is 0.338 e. The molecule has 3 amide bonds. The first-order valence-corrected chi connectivity index (χ1v) is 8.15. The predicted molar refractivity (Wildman–Crippen MR) is 84.2 cm³/mol. The summed E-state index contributed by atoms with van der Waals surface area (Å²) in [5.74, 6) is -0.223. The number of hydrogen-bond acceptors (Lipinski definition) is 4. The molecule has 2 unspecified atom stereocenters. The van der Waals surface area contributed by atoms with Crippen LogP contribution in [0.4, 0.5) is 4.79 Å². The van der Waals surface area contributed by atoms with Crippen molar-refractivity contribution in [2.24, 2.45) is 0 Å². The van der Waals surface area contributed by atoms with Gasteiger partial charge >= 0.3 is 6.03 Å². The van der Waals surface area contributed by atoms with E-state index in [2.05, 4.69) is 41.6 Å². The van der Waals surface area contributed by atoms with E-state index in [1.54, 1.807) is 0 Å².